The summed E-state index contributed by atoms with van der Waals surface area (Å²) in [5, 5.41) is 4.57. The SMILES string of the molecule is CNC1CCN(c2nc(N)nc3c2oc2ncc(Cl)cc23)C1. The first-order chi connectivity index (χ1) is 10.7. The molecule has 0 aromatic carbocycles. The monoisotopic (exact) mass is 318 g/mol. The van der Waals surface area contributed by atoms with Crippen molar-refractivity contribution >= 4 is 45.6 Å². The van der Waals surface area contributed by atoms with Gasteiger partial charge in [-0.2, -0.15) is 4.98 Å². The lowest BCUT2D eigenvalue weighted by atomic mass is 10.3. The van der Waals surface area contributed by atoms with Gasteiger partial charge in [0.1, 0.15) is 5.52 Å². The summed E-state index contributed by atoms with van der Waals surface area (Å²) in [6.45, 7) is 1.75. The molecule has 0 spiro atoms. The van der Waals surface area contributed by atoms with E-state index in [4.69, 9.17) is 21.8 Å². The number of rotatable bonds is 2. The van der Waals surface area contributed by atoms with Crippen molar-refractivity contribution in [3.63, 3.8) is 0 Å². The van der Waals surface area contributed by atoms with Gasteiger partial charge in [-0.15, -0.1) is 0 Å². The van der Waals surface area contributed by atoms with Crippen LogP contribution in [0.15, 0.2) is 16.7 Å². The van der Waals surface area contributed by atoms with Gasteiger partial charge in [0.15, 0.2) is 11.4 Å². The van der Waals surface area contributed by atoms with Crippen molar-refractivity contribution in [2.45, 2.75) is 12.5 Å². The fourth-order valence-electron chi connectivity index (χ4n) is 2.91. The molecular weight excluding hydrogens is 304 g/mol. The highest BCUT2D eigenvalue weighted by Gasteiger charge is 2.26. The fourth-order valence-corrected chi connectivity index (χ4v) is 3.07. The van der Waals surface area contributed by atoms with E-state index >= 15 is 0 Å². The topological polar surface area (TPSA) is 93.1 Å². The first-order valence-corrected chi connectivity index (χ1v) is 7.47. The van der Waals surface area contributed by atoms with Crippen molar-refractivity contribution in [2.24, 2.45) is 0 Å². The second kappa shape index (κ2) is 4.96. The molecule has 8 heteroatoms. The Hall–Kier alpha value is -2.12. The molecule has 0 bridgehead atoms. The van der Waals surface area contributed by atoms with Crippen LogP contribution in [0.5, 0.6) is 0 Å². The molecule has 0 aliphatic carbocycles. The summed E-state index contributed by atoms with van der Waals surface area (Å²) in [6, 6.07) is 2.22. The van der Waals surface area contributed by atoms with E-state index in [0.29, 0.717) is 27.9 Å². The standard InChI is InChI=1S/C14H15ClN6O/c1-17-8-2-3-21(6-8)12-11-10(19-14(16)20-12)9-4-7(15)5-18-13(9)22-11/h4-5,8,17H,2-3,6H2,1H3,(H2,16,19,20). The average molecular weight is 319 g/mol. The number of halogens is 1. The van der Waals surface area contributed by atoms with Crippen LogP contribution in [-0.2, 0) is 0 Å². The Morgan fingerprint density at radius 1 is 1.45 bits per heavy atom. The second-order valence-corrected chi connectivity index (χ2v) is 5.85. The van der Waals surface area contributed by atoms with E-state index < -0.39 is 0 Å². The number of hydrogen-bond acceptors (Lipinski definition) is 7. The molecule has 22 heavy (non-hydrogen) atoms. The quantitative estimate of drug-likeness (QED) is 0.744. The third-order valence-electron chi connectivity index (χ3n) is 4.03. The van der Waals surface area contributed by atoms with Gasteiger partial charge in [-0.1, -0.05) is 11.6 Å². The number of pyridine rings is 1. The fraction of sp³-hybridized carbons (Fsp3) is 0.357. The summed E-state index contributed by atoms with van der Waals surface area (Å²) in [6.07, 6.45) is 2.60. The second-order valence-electron chi connectivity index (χ2n) is 5.41. The molecule has 1 atom stereocenters. The highest BCUT2D eigenvalue weighted by molar-refractivity contribution is 6.31. The van der Waals surface area contributed by atoms with Gasteiger partial charge in [0.2, 0.25) is 11.7 Å². The zero-order valence-corrected chi connectivity index (χ0v) is 12.8. The molecule has 3 aromatic rings. The van der Waals surface area contributed by atoms with Crippen molar-refractivity contribution in [1.82, 2.24) is 20.3 Å². The van der Waals surface area contributed by atoms with E-state index in [-0.39, 0.29) is 5.95 Å². The molecule has 1 fully saturated rings. The van der Waals surface area contributed by atoms with Crippen LogP contribution in [0.4, 0.5) is 11.8 Å². The Kier molecular flexibility index (Phi) is 3.05. The molecule has 114 valence electrons. The van der Waals surface area contributed by atoms with Crippen molar-refractivity contribution in [1.29, 1.82) is 0 Å². The van der Waals surface area contributed by atoms with Gasteiger partial charge in [0.05, 0.1) is 10.4 Å². The summed E-state index contributed by atoms with van der Waals surface area (Å²) >= 11 is 6.02. The van der Waals surface area contributed by atoms with Crippen LogP contribution in [-0.4, -0.2) is 41.1 Å². The molecule has 1 saturated heterocycles. The Morgan fingerprint density at radius 3 is 3.09 bits per heavy atom. The number of nitrogens with two attached hydrogens (primary N) is 1. The maximum absolute atomic E-state index is 6.02. The van der Waals surface area contributed by atoms with Crippen LogP contribution in [0.2, 0.25) is 5.02 Å². The predicted octanol–water partition coefficient (Wildman–Crippen LogP) is 1.80. The number of nitrogens with one attached hydrogen (secondary N) is 1. The number of nitrogens with zero attached hydrogens (tertiary/aromatic N) is 4. The van der Waals surface area contributed by atoms with Gasteiger partial charge in [0.25, 0.3) is 0 Å². The van der Waals surface area contributed by atoms with Gasteiger partial charge in [0, 0.05) is 25.3 Å². The normalized spacial score (nSPS) is 18.6. The summed E-state index contributed by atoms with van der Waals surface area (Å²) in [5.41, 5.74) is 7.64. The van der Waals surface area contributed by atoms with Gasteiger partial charge < -0.3 is 20.4 Å². The molecule has 4 rings (SSSR count). The van der Waals surface area contributed by atoms with Crippen LogP contribution < -0.4 is 16.0 Å². The maximum atomic E-state index is 6.02. The van der Waals surface area contributed by atoms with E-state index in [1.165, 1.54) is 0 Å². The third-order valence-corrected chi connectivity index (χ3v) is 4.24. The molecule has 1 unspecified atom stereocenters. The van der Waals surface area contributed by atoms with Crippen LogP contribution >= 0.6 is 11.6 Å². The molecule has 0 saturated carbocycles. The van der Waals surface area contributed by atoms with E-state index in [9.17, 15) is 0 Å². The third kappa shape index (κ3) is 2.05. The Balaban J connectivity index is 1.93. The number of furan rings is 1. The lowest BCUT2D eigenvalue weighted by molar-refractivity contribution is 0.615. The molecule has 1 aliphatic heterocycles. The van der Waals surface area contributed by atoms with Crippen molar-refractivity contribution in [3.05, 3.63) is 17.3 Å². The smallest absolute Gasteiger partial charge is 0.229 e. The van der Waals surface area contributed by atoms with Crippen LogP contribution in [0.25, 0.3) is 22.2 Å². The highest BCUT2D eigenvalue weighted by Crippen LogP contribution is 2.34. The van der Waals surface area contributed by atoms with Gasteiger partial charge in [-0.25, -0.2) is 9.97 Å². The minimum atomic E-state index is 0.220. The molecule has 3 aromatic heterocycles. The molecule has 3 N–H and O–H groups in total. The molecule has 4 heterocycles. The number of hydrogen-bond donors (Lipinski definition) is 2. The number of nitrogen functional groups attached to an aromatic ring is 1. The largest absolute Gasteiger partial charge is 0.432 e. The van der Waals surface area contributed by atoms with Crippen LogP contribution in [0.3, 0.4) is 0 Å². The van der Waals surface area contributed by atoms with E-state index in [2.05, 4.69) is 25.2 Å². The van der Waals surface area contributed by atoms with Crippen LogP contribution in [0.1, 0.15) is 6.42 Å². The van der Waals surface area contributed by atoms with E-state index in [1.54, 1.807) is 12.3 Å². The van der Waals surface area contributed by atoms with E-state index in [1.807, 2.05) is 7.05 Å². The molecular formula is C14H15ClN6O. The lowest BCUT2D eigenvalue weighted by Crippen LogP contribution is -2.30. The van der Waals surface area contributed by atoms with Crippen molar-refractivity contribution in [3.8, 4) is 0 Å². The van der Waals surface area contributed by atoms with Crippen molar-refractivity contribution < 1.29 is 4.42 Å². The minimum Gasteiger partial charge on any atom is -0.432 e. The van der Waals surface area contributed by atoms with Crippen LogP contribution in [0, 0.1) is 0 Å². The highest BCUT2D eigenvalue weighted by atomic mass is 35.5. The summed E-state index contributed by atoms with van der Waals surface area (Å²) in [5.74, 6) is 0.937. The Morgan fingerprint density at radius 2 is 2.32 bits per heavy atom. The number of likely N-dealkylation sites (N-methyl/N-ethyl adjacent to an activating group) is 1. The van der Waals surface area contributed by atoms with Gasteiger partial charge >= 0.3 is 0 Å². The maximum Gasteiger partial charge on any atom is 0.229 e. The van der Waals surface area contributed by atoms with E-state index in [0.717, 1.165) is 30.7 Å². The Labute approximate surface area is 131 Å². The predicted molar refractivity (Wildman–Crippen MR) is 86.2 cm³/mol. The van der Waals surface area contributed by atoms with Crippen molar-refractivity contribution in [2.75, 3.05) is 30.8 Å². The average Bonchev–Trinajstić information content (AvgIpc) is 3.11. The molecule has 7 nitrogen and oxygen atoms in total. The summed E-state index contributed by atoms with van der Waals surface area (Å²) in [7, 11) is 1.96. The van der Waals surface area contributed by atoms with Gasteiger partial charge in [-0.3, -0.25) is 0 Å². The zero-order chi connectivity index (χ0) is 15.3. The molecule has 0 radical (unpaired) electrons. The summed E-state index contributed by atoms with van der Waals surface area (Å²) in [4.78, 5) is 15.1. The molecule has 0 amide bonds. The number of aromatic nitrogens is 3. The number of fused-ring (bicyclic) bond motifs is 3. The Bertz CT molecular complexity index is 863. The number of anilines is 2. The molecule has 1 aliphatic rings. The lowest BCUT2D eigenvalue weighted by Gasteiger charge is -2.17. The zero-order valence-electron chi connectivity index (χ0n) is 12.0. The first-order valence-electron chi connectivity index (χ1n) is 7.09. The minimum absolute atomic E-state index is 0.220. The first kappa shape index (κ1) is 13.5. The van der Waals surface area contributed by atoms with Gasteiger partial charge in [-0.05, 0) is 19.5 Å². The summed E-state index contributed by atoms with van der Waals surface area (Å²) < 4.78 is 5.86.